The van der Waals surface area contributed by atoms with Gasteiger partial charge in [-0.1, -0.05) is 115 Å². The van der Waals surface area contributed by atoms with Crippen LogP contribution in [0.1, 0.15) is 28.7 Å². The maximum Gasteiger partial charge on any atom is 0.417 e. The molecule has 0 fully saturated rings. The number of fused-ring (bicyclic) bond motifs is 7. The summed E-state index contributed by atoms with van der Waals surface area (Å²) in [4.78, 5) is 0. The predicted molar refractivity (Wildman–Crippen MR) is 190 cm³/mol. The van der Waals surface area contributed by atoms with Crippen LogP contribution < -0.4 is 0 Å². The molecule has 0 nitrogen and oxygen atoms in total. The van der Waals surface area contributed by atoms with Gasteiger partial charge >= 0.3 is 12.4 Å². The van der Waals surface area contributed by atoms with Gasteiger partial charge in [0.05, 0.1) is 11.1 Å². The molecule has 7 aromatic carbocycles. The van der Waals surface area contributed by atoms with Crippen molar-refractivity contribution in [3.8, 4) is 22.3 Å². The fourth-order valence-electron chi connectivity index (χ4n) is 7.89. The van der Waals surface area contributed by atoms with Gasteiger partial charge in [0.25, 0.3) is 0 Å². The first-order valence-electron chi connectivity index (χ1n) is 15.9. The molecular weight excluding hydrogens is 651 g/mol. The van der Waals surface area contributed by atoms with E-state index in [1.54, 1.807) is 78.1 Å². The van der Waals surface area contributed by atoms with Gasteiger partial charge in [-0.15, -0.1) is 11.3 Å². The number of hydrogen-bond donors (Lipinski definition) is 0. The zero-order chi connectivity index (χ0) is 33.7. The minimum atomic E-state index is -4.54. The van der Waals surface area contributed by atoms with Gasteiger partial charge in [0.15, 0.2) is 0 Å². The standard InChI is InChI=1S/C42H24F6S/c43-41(44,45)38-29-14-5-1-10-25(29)36(26-11-2-6-15-30(26)38)23-20-21-24-33-18-9-19-34(40(33)49-35(24)22-23)37-27-12-3-7-16-31(27)39(42(46,47)48)32-17-8-4-13-28(32)37/h1-3,5-12,14-22H,4,13H2. The molecule has 49 heavy (non-hydrogen) atoms. The van der Waals surface area contributed by atoms with Crippen LogP contribution in [0.5, 0.6) is 0 Å². The molecule has 0 radical (unpaired) electrons. The van der Waals surface area contributed by atoms with E-state index in [1.165, 1.54) is 12.1 Å². The molecule has 9 rings (SSSR count). The maximum atomic E-state index is 14.6. The lowest BCUT2D eigenvalue weighted by Crippen LogP contribution is -2.13. The molecule has 0 saturated carbocycles. The Morgan fingerprint density at radius 3 is 1.67 bits per heavy atom. The fourth-order valence-corrected chi connectivity index (χ4v) is 9.16. The average Bonchev–Trinajstić information content (AvgIpc) is 3.46. The van der Waals surface area contributed by atoms with E-state index < -0.39 is 23.5 Å². The van der Waals surface area contributed by atoms with Crippen molar-refractivity contribution in [1.82, 2.24) is 0 Å². The van der Waals surface area contributed by atoms with E-state index >= 15 is 0 Å². The molecule has 0 spiro atoms. The number of rotatable bonds is 2. The van der Waals surface area contributed by atoms with E-state index in [1.807, 2.05) is 42.5 Å². The lowest BCUT2D eigenvalue weighted by atomic mass is 9.81. The van der Waals surface area contributed by atoms with Crippen LogP contribution in [0.2, 0.25) is 0 Å². The molecule has 0 aliphatic heterocycles. The molecule has 1 heterocycles. The van der Waals surface area contributed by atoms with E-state index in [-0.39, 0.29) is 21.7 Å². The maximum absolute atomic E-state index is 14.6. The van der Waals surface area contributed by atoms with Crippen LogP contribution in [0.4, 0.5) is 26.3 Å². The Morgan fingerprint density at radius 1 is 0.510 bits per heavy atom. The zero-order valence-corrected chi connectivity index (χ0v) is 26.5. The summed E-state index contributed by atoms with van der Waals surface area (Å²) in [5.74, 6) is 0. The summed E-state index contributed by atoms with van der Waals surface area (Å²) >= 11 is 1.56. The summed E-state index contributed by atoms with van der Waals surface area (Å²) in [6, 6.07) is 32.1. The highest BCUT2D eigenvalue weighted by Gasteiger charge is 2.38. The molecule has 0 atom stereocenters. The smallest absolute Gasteiger partial charge is 0.166 e. The Morgan fingerprint density at radius 2 is 1.06 bits per heavy atom. The Labute approximate surface area is 280 Å². The van der Waals surface area contributed by atoms with Crippen molar-refractivity contribution in [3.05, 3.63) is 138 Å². The van der Waals surface area contributed by atoms with Crippen LogP contribution in [0.15, 0.2) is 115 Å². The molecule has 7 heteroatoms. The predicted octanol–water partition coefficient (Wildman–Crippen LogP) is 13.8. The number of allylic oxidation sites excluding steroid dienone is 1. The minimum Gasteiger partial charge on any atom is -0.166 e. The van der Waals surface area contributed by atoms with Crippen LogP contribution in [-0.2, 0) is 18.8 Å². The third kappa shape index (κ3) is 4.52. The van der Waals surface area contributed by atoms with Crippen LogP contribution in [0, 0.1) is 0 Å². The van der Waals surface area contributed by atoms with Crippen molar-refractivity contribution >= 4 is 69.9 Å². The molecule has 0 bridgehead atoms. The van der Waals surface area contributed by atoms with Gasteiger partial charge in [-0.05, 0) is 79.0 Å². The Balaban J connectivity index is 1.33. The summed E-state index contributed by atoms with van der Waals surface area (Å²) in [6.45, 7) is 0. The highest BCUT2D eigenvalue weighted by atomic mass is 32.1. The summed E-state index contributed by atoms with van der Waals surface area (Å²) in [5, 5.41) is 4.04. The first-order valence-corrected chi connectivity index (χ1v) is 16.7. The van der Waals surface area contributed by atoms with Gasteiger partial charge in [0.1, 0.15) is 0 Å². The van der Waals surface area contributed by atoms with Gasteiger partial charge in [0, 0.05) is 25.7 Å². The Hall–Kier alpha value is -5.14. The van der Waals surface area contributed by atoms with E-state index in [2.05, 4.69) is 0 Å². The molecule has 240 valence electrons. The summed E-state index contributed by atoms with van der Waals surface area (Å²) in [7, 11) is 0. The average molecular weight is 675 g/mol. The lowest BCUT2D eigenvalue weighted by Gasteiger charge is -2.24. The fraction of sp³-hybridized carbons (Fsp3) is 0.0952. The van der Waals surface area contributed by atoms with Crippen LogP contribution >= 0.6 is 11.3 Å². The largest absolute Gasteiger partial charge is 0.417 e. The zero-order valence-electron chi connectivity index (χ0n) is 25.6. The van der Waals surface area contributed by atoms with Crippen molar-refractivity contribution in [1.29, 1.82) is 0 Å². The number of alkyl halides is 6. The van der Waals surface area contributed by atoms with Crippen LogP contribution in [-0.4, -0.2) is 0 Å². The van der Waals surface area contributed by atoms with E-state index in [0.29, 0.717) is 34.6 Å². The van der Waals surface area contributed by atoms with Gasteiger partial charge < -0.3 is 0 Å². The molecular formula is C42H24F6S. The molecule has 1 aliphatic carbocycles. The topological polar surface area (TPSA) is 0 Å². The molecule has 0 unspecified atom stereocenters. The molecule has 1 aromatic heterocycles. The van der Waals surface area contributed by atoms with Crippen LogP contribution in [0.3, 0.4) is 0 Å². The van der Waals surface area contributed by atoms with Crippen LogP contribution in [0.25, 0.3) is 80.8 Å². The minimum absolute atomic E-state index is 0.149. The molecule has 0 amide bonds. The molecule has 1 aliphatic rings. The monoisotopic (exact) mass is 674 g/mol. The number of benzene rings is 7. The number of thiophene rings is 1. The van der Waals surface area contributed by atoms with E-state index in [0.717, 1.165) is 42.4 Å². The van der Waals surface area contributed by atoms with E-state index in [4.69, 9.17) is 0 Å². The second kappa shape index (κ2) is 10.7. The summed E-state index contributed by atoms with van der Waals surface area (Å²) in [5.41, 5.74) is 2.91. The quantitative estimate of drug-likeness (QED) is 0.126. The van der Waals surface area contributed by atoms with Gasteiger partial charge in [0.2, 0.25) is 0 Å². The Bertz CT molecular complexity index is 2630. The van der Waals surface area contributed by atoms with Crippen molar-refractivity contribution in [3.63, 3.8) is 0 Å². The SMILES string of the molecule is FC(F)(F)c1c2c(c(-c3cccc4c3sc3cc(-c5c6ccccc6c(C(F)(F)F)c6ccccc56)ccc34)c3ccccc13)CCC=C2. The second-order valence-electron chi connectivity index (χ2n) is 12.5. The highest BCUT2D eigenvalue weighted by Crippen LogP contribution is 2.51. The number of hydrogen-bond acceptors (Lipinski definition) is 1. The van der Waals surface area contributed by atoms with Gasteiger partial charge in [-0.3, -0.25) is 0 Å². The molecule has 8 aromatic rings. The number of halogens is 6. The Kier molecular flexibility index (Phi) is 6.53. The third-order valence-corrected chi connectivity index (χ3v) is 11.0. The first kappa shape index (κ1) is 30.0. The first-order chi connectivity index (χ1) is 23.6. The normalized spacial score (nSPS) is 13.7. The highest BCUT2D eigenvalue weighted by molar-refractivity contribution is 7.26. The van der Waals surface area contributed by atoms with Gasteiger partial charge in [-0.25, -0.2) is 0 Å². The van der Waals surface area contributed by atoms with Gasteiger partial charge in [-0.2, -0.15) is 26.3 Å². The van der Waals surface area contributed by atoms with Crippen molar-refractivity contribution in [2.24, 2.45) is 0 Å². The third-order valence-electron chi connectivity index (χ3n) is 9.76. The van der Waals surface area contributed by atoms with E-state index in [9.17, 15) is 26.3 Å². The van der Waals surface area contributed by atoms with Crippen molar-refractivity contribution in [2.75, 3.05) is 0 Å². The second-order valence-corrected chi connectivity index (χ2v) is 13.5. The molecule has 0 saturated heterocycles. The lowest BCUT2D eigenvalue weighted by molar-refractivity contribution is -0.136. The van der Waals surface area contributed by atoms with Crippen molar-refractivity contribution < 1.29 is 26.3 Å². The molecule has 0 N–H and O–H groups in total. The van der Waals surface area contributed by atoms with Crippen molar-refractivity contribution in [2.45, 2.75) is 25.2 Å². The summed E-state index contributed by atoms with van der Waals surface area (Å²) < 4.78 is 89.2. The summed E-state index contributed by atoms with van der Waals surface area (Å²) in [6.07, 6.45) is -4.48.